The van der Waals surface area contributed by atoms with Crippen molar-refractivity contribution < 1.29 is 0 Å². The molecule has 0 unspecified atom stereocenters. The largest absolute Gasteiger partial charge is 0.356 e. The molecule has 0 saturated carbocycles. The first kappa shape index (κ1) is 19.0. The molecular formula is C19H25N7S. The van der Waals surface area contributed by atoms with E-state index < -0.39 is 0 Å². The predicted octanol–water partition coefficient (Wildman–Crippen LogP) is 2.56. The van der Waals surface area contributed by atoms with Crippen LogP contribution in [0, 0.1) is 20.8 Å². The van der Waals surface area contributed by atoms with Gasteiger partial charge in [0.25, 0.3) is 0 Å². The first-order chi connectivity index (χ1) is 13.0. The molecule has 0 spiro atoms. The topological polar surface area (TPSA) is 80.0 Å². The van der Waals surface area contributed by atoms with Gasteiger partial charge in [-0.2, -0.15) is 5.10 Å². The predicted molar refractivity (Wildman–Crippen MR) is 110 cm³/mol. The van der Waals surface area contributed by atoms with Gasteiger partial charge in [-0.15, -0.1) is 11.3 Å². The Hall–Kier alpha value is -2.74. The van der Waals surface area contributed by atoms with E-state index in [1.54, 1.807) is 18.4 Å². The van der Waals surface area contributed by atoms with Crippen LogP contribution in [0.5, 0.6) is 0 Å². The molecule has 7 nitrogen and oxygen atoms in total. The van der Waals surface area contributed by atoms with Crippen molar-refractivity contribution >= 4 is 17.3 Å². The molecule has 3 rings (SSSR count). The van der Waals surface area contributed by atoms with Gasteiger partial charge in [-0.3, -0.25) is 4.99 Å². The van der Waals surface area contributed by atoms with Crippen molar-refractivity contribution in [2.45, 2.75) is 33.7 Å². The fourth-order valence-electron chi connectivity index (χ4n) is 2.72. The third-order valence-electron chi connectivity index (χ3n) is 4.02. The Morgan fingerprint density at radius 2 is 2.00 bits per heavy atom. The molecule has 0 saturated heterocycles. The number of thiazole rings is 1. The first-order valence-electron chi connectivity index (χ1n) is 8.89. The van der Waals surface area contributed by atoms with Crippen LogP contribution in [0.2, 0.25) is 0 Å². The molecule has 2 N–H and O–H groups in total. The molecule has 0 radical (unpaired) electrons. The summed E-state index contributed by atoms with van der Waals surface area (Å²) < 4.78 is 1.85. The van der Waals surface area contributed by atoms with Crippen molar-refractivity contribution in [3.05, 3.63) is 57.4 Å². The molecule has 0 atom stereocenters. The number of rotatable bonds is 6. The molecule has 0 bridgehead atoms. The number of nitrogens with one attached hydrogen (secondary N) is 2. The highest BCUT2D eigenvalue weighted by Crippen LogP contribution is 2.11. The van der Waals surface area contributed by atoms with E-state index >= 15 is 0 Å². The fourth-order valence-corrected chi connectivity index (χ4v) is 3.51. The van der Waals surface area contributed by atoms with E-state index in [4.69, 9.17) is 0 Å². The summed E-state index contributed by atoms with van der Waals surface area (Å²) in [4.78, 5) is 14.4. The lowest BCUT2D eigenvalue weighted by Crippen LogP contribution is -2.37. The van der Waals surface area contributed by atoms with Crippen molar-refractivity contribution in [2.75, 3.05) is 13.6 Å². The second-order valence-electron chi connectivity index (χ2n) is 6.33. The highest BCUT2D eigenvalue weighted by Gasteiger charge is 2.05. The molecule has 3 aromatic heterocycles. The van der Waals surface area contributed by atoms with Crippen molar-refractivity contribution in [2.24, 2.45) is 4.99 Å². The standard InChI is InChI=1S/C19H25N7S/c1-13-9-14(2)26(25-13)17-6-5-16(11-22-17)12-24-19(20-4)21-8-7-18-23-10-15(3)27-18/h5-6,9-11H,7-8,12H2,1-4H3,(H2,20,21,24). The minimum atomic E-state index is 0.653. The van der Waals surface area contributed by atoms with E-state index in [1.165, 1.54) is 4.88 Å². The Morgan fingerprint density at radius 1 is 1.15 bits per heavy atom. The van der Waals surface area contributed by atoms with Crippen LogP contribution < -0.4 is 10.6 Å². The zero-order chi connectivity index (χ0) is 19.2. The maximum Gasteiger partial charge on any atom is 0.191 e. The van der Waals surface area contributed by atoms with E-state index in [1.807, 2.05) is 43.1 Å². The van der Waals surface area contributed by atoms with Gasteiger partial charge in [0.05, 0.1) is 10.7 Å². The lowest BCUT2D eigenvalue weighted by Gasteiger charge is -2.11. The number of aliphatic imine (C=N–C) groups is 1. The van der Waals surface area contributed by atoms with E-state index in [2.05, 4.69) is 43.7 Å². The van der Waals surface area contributed by atoms with Gasteiger partial charge in [-0.1, -0.05) is 6.07 Å². The van der Waals surface area contributed by atoms with Crippen LogP contribution in [0.4, 0.5) is 0 Å². The van der Waals surface area contributed by atoms with Gasteiger partial charge in [-0.05, 0) is 38.5 Å². The van der Waals surface area contributed by atoms with Crippen molar-refractivity contribution in [1.29, 1.82) is 0 Å². The Labute approximate surface area is 163 Å². The van der Waals surface area contributed by atoms with E-state index in [0.717, 1.165) is 46.7 Å². The van der Waals surface area contributed by atoms with E-state index in [0.29, 0.717) is 6.54 Å². The number of aryl methyl sites for hydroxylation is 3. The van der Waals surface area contributed by atoms with Gasteiger partial charge in [-0.25, -0.2) is 14.6 Å². The molecule has 0 aliphatic carbocycles. The minimum Gasteiger partial charge on any atom is -0.356 e. The van der Waals surface area contributed by atoms with Gasteiger partial charge in [0.1, 0.15) is 0 Å². The average Bonchev–Trinajstić information content (AvgIpc) is 3.23. The number of pyridine rings is 1. The van der Waals surface area contributed by atoms with Crippen LogP contribution >= 0.6 is 11.3 Å². The quantitative estimate of drug-likeness (QED) is 0.505. The van der Waals surface area contributed by atoms with Crippen molar-refractivity contribution in [3.8, 4) is 5.82 Å². The van der Waals surface area contributed by atoms with Gasteiger partial charge in [0.2, 0.25) is 0 Å². The molecule has 27 heavy (non-hydrogen) atoms. The van der Waals surface area contributed by atoms with Crippen LogP contribution in [0.15, 0.2) is 35.6 Å². The highest BCUT2D eigenvalue weighted by atomic mass is 32.1. The van der Waals surface area contributed by atoms with Crippen LogP contribution in [0.1, 0.15) is 26.8 Å². The number of hydrogen-bond acceptors (Lipinski definition) is 5. The van der Waals surface area contributed by atoms with Crippen LogP contribution in [-0.2, 0) is 13.0 Å². The summed E-state index contributed by atoms with van der Waals surface area (Å²) in [6.45, 7) is 7.53. The zero-order valence-corrected chi connectivity index (χ0v) is 17.0. The van der Waals surface area contributed by atoms with Crippen LogP contribution in [0.25, 0.3) is 5.82 Å². The minimum absolute atomic E-state index is 0.653. The molecule has 3 heterocycles. The monoisotopic (exact) mass is 383 g/mol. The number of hydrogen-bond donors (Lipinski definition) is 2. The third kappa shape index (κ3) is 5.13. The lowest BCUT2D eigenvalue weighted by molar-refractivity contribution is 0.782. The lowest BCUT2D eigenvalue weighted by atomic mass is 10.3. The third-order valence-corrected chi connectivity index (χ3v) is 4.99. The average molecular weight is 384 g/mol. The molecule has 0 amide bonds. The molecule has 8 heteroatoms. The Balaban J connectivity index is 1.50. The Morgan fingerprint density at radius 3 is 2.59 bits per heavy atom. The summed E-state index contributed by atoms with van der Waals surface area (Å²) in [7, 11) is 1.77. The molecular weight excluding hydrogens is 358 g/mol. The summed E-state index contributed by atoms with van der Waals surface area (Å²) in [6.07, 6.45) is 4.66. The summed E-state index contributed by atoms with van der Waals surface area (Å²) >= 11 is 1.73. The molecule has 142 valence electrons. The molecule has 0 fully saturated rings. The summed E-state index contributed by atoms with van der Waals surface area (Å²) in [5.41, 5.74) is 3.15. The maximum absolute atomic E-state index is 4.52. The number of guanidine groups is 1. The normalized spacial score (nSPS) is 11.6. The van der Waals surface area contributed by atoms with Gasteiger partial charge >= 0.3 is 0 Å². The van der Waals surface area contributed by atoms with E-state index in [9.17, 15) is 0 Å². The summed E-state index contributed by atoms with van der Waals surface area (Å²) in [6, 6.07) is 6.08. The number of nitrogens with zero attached hydrogens (tertiary/aromatic N) is 5. The van der Waals surface area contributed by atoms with Crippen LogP contribution in [0.3, 0.4) is 0 Å². The Kier molecular flexibility index (Phi) is 6.18. The SMILES string of the molecule is CN=C(NCCc1ncc(C)s1)NCc1ccc(-n2nc(C)cc2C)nc1. The fraction of sp³-hybridized carbons (Fsp3) is 0.368. The van der Waals surface area contributed by atoms with Gasteiger partial charge in [0, 0.05) is 49.5 Å². The molecule has 3 aromatic rings. The number of aromatic nitrogens is 4. The second-order valence-corrected chi connectivity index (χ2v) is 7.65. The molecule has 0 aliphatic rings. The van der Waals surface area contributed by atoms with Gasteiger partial charge < -0.3 is 10.6 Å². The smallest absolute Gasteiger partial charge is 0.191 e. The van der Waals surface area contributed by atoms with Crippen molar-refractivity contribution in [3.63, 3.8) is 0 Å². The Bertz CT molecular complexity index is 909. The van der Waals surface area contributed by atoms with E-state index in [-0.39, 0.29) is 0 Å². The van der Waals surface area contributed by atoms with Crippen LogP contribution in [-0.4, -0.2) is 39.3 Å². The highest BCUT2D eigenvalue weighted by molar-refractivity contribution is 7.11. The van der Waals surface area contributed by atoms with Crippen molar-refractivity contribution in [1.82, 2.24) is 30.4 Å². The zero-order valence-electron chi connectivity index (χ0n) is 16.2. The molecule has 0 aromatic carbocycles. The summed E-state index contributed by atoms with van der Waals surface area (Å²) in [5.74, 6) is 1.59. The first-order valence-corrected chi connectivity index (χ1v) is 9.71. The van der Waals surface area contributed by atoms with Gasteiger partial charge in [0.15, 0.2) is 11.8 Å². The molecule has 0 aliphatic heterocycles. The maximum atomic E-state index is 4.52. The summed E-state index contributed by atoms with van der Waals surface area (Å²) in [5, 5.41) is 12.2. The second kappa shape index (κ2) is 8.77.